The summed E-state index contributed by atoms with van der Waals surface area (Å²) in [5, 5.41) is 16.9. The topological polar surface area (TPSA) is 74.2 Å². The van der Waals surface area contributed by atoms with Gasteiger partial charge in [-0.15, -0.1) is 11.3 Å². The summed E-state index contributed by atoms with van der Waals surface area (Å²) in [5.41, 5.74) is 4.27. The number of hydrogen-bond donors (Lipinski definition) is 3. The van der Waals surface area contributed by atoms with Gasteiger partial charge in [0.2, 0.25) is 0 Å². The van der Waals surface area contributed by atoms with Crippen LogP contribution >= 0.6 is 11.3 Å². The first kappa shape index (κ1) is 14.5. The smallest absolute Gasteiger partial charge is 0.319 e. The molecular weight excluding hydrogens is 274 g/mol. The van der Waals surface area contributed by atoms with Crippen molar-refractivity contribution in [1.82, 2.24) is 10.3 Å². The van der Waals surface area contributed by atoms with Crippen molar-refractivity contribution < 1.29 is 9.90 Å². The third-order valence-electron chi connectivity index (χ3n) is 2.80. The summed E-state index contributed by atoms with van der Waals surface area (Å²) in [5.74, 6) is 0. The van der Waals surface area contributed by atoms with Crippen molar-refractivity contribution in [1.29, 1.82) is 0 Å². The van der Waals surface area contributed by atoms with Gasteiger partial charge in [0.05, 0.1) is 17.3 Å². The summed E-state index contributed by atoms with van der Waals surface area (Å²) in [6, 6.07) is 6.86. The number of thiazole rings is 1. The molecule has 0 saturated carbocycles. The highest BCUT2D eigenvalue weighted by Crippen LogP contribution is 2.15. The van der Waals surface area contributed by atoms with E-state index in [1.165, 1.54) is 0 Å². The lowest BCUT2D eigenvalue weighted by molar-refractivity contribution is 0.199. The molecule has 5 nitrogen and oxygen atoms in total. The fourth-order valence-corrected chi connectivity index (χ4v) is 2.28. The molecule has 0 saturated heterocycles. The maximum Gasteiger partial charge on any atom is 0.319 e. The lowest BCUT2D eigenvalue weighted by Crippen LogP contribution is -2.30. The van der Waals surface area contributed by atoms with Gasteiger partial charge in [-0.1, -0.05) is 12.1 Å². The molecule has 0 aliphatic carbocycles. The average molecular weight is 291 g/mol. The molecule has 0 aliphatic rings. The highest BCUT2D eigenvalue weighted by Gasteiger charge is 2.04. The molecule has 0 fully saturated rings. The normalized spacial score (nSPS) is 11.9. The fourth-order valence-electron chi connectivity index (χ4n) is 1.69. The Morgan fingerprint density at radius 1 is 1.40 bits per heavy atom. The van der Waals surface area contributed by atoms with Gasteiger partial charge in [-0.3, -0.25) is 0 Å². The van der Waals surface area contributed by atoms with Crippen LogP contribution in [-0.2, 0) is 6.42 Å². The van der Waals surface area contributed by atoms with E-state index < -0.39 is 6.10 Å². The van der Waals surface area contributed by atoms with Crippen LogP contribution in [0.25, 0.3) is 0 Å². The Morgan fingerprint density at radius 2 is 2.15 bits per heavy atom. The average Bonchev–Trinajstić information content (AvgIpc) is 2.92. The summed E-state index contributed by atoms with van der Waals surface area (Å²) in [7, 11) is 0. The van der Waals surface area contributed by atoms with Crippen LogP contribution in [0.3, 0.4) is 0 Å². The lowest BCUT2D eigenvalue weighted by atomic mass is 10.1. The standard InChI is InChI=1S/C14H17N3O2S/c1-10(18)11-2-4-12(5-3-11)17-14(19)15-7-6-13-8-20-9-16-13/h2-5,8-10,18H,6-7H2,1H3,(H2,15,17,19). The van der Waals surface area contributed by atoms with Crippen LogP contribution in [-0.4, -0.2) is 22.7 Å². The zero-order valence-corrected chi connectivity index (χ0v) is 12.0. The predicted octanol–water partition coefficient (Wildman–Crippen LogP) is 2.56. The number of nitrogens with one attached hydrogen (secondary N) is 2. The van der Waals surface area contributed by atoms with Crippen LogP contribution < -0.4 is 10.6 Å². The predicted molar refractivity (Wildman–Crippen MR) is 79.9 cm³/mol. The Kier molecular flexibility index (Phi) is 5.09. The van der Waals surface area contributed by atoms with Crippen molar-refractivity contribution in [3.8, 4) is 0 Å². The number of aliphatic hydroxyl groups is 1. The molecule has 20 heavy (non-hydrogen) atoms. The van der Waals surface area contributed by atoms with Crippen LogP contribution in [0, 0.1) is 0 Å². The maximum atomic E-state index is 11.7. The van der Waals surface area contributed by atoms with Gasteiger partial charge in [0.25, 0.3) is 0 Å². The van der Waals surface area contributed by atoms with E-state index in [1.54, 1.807) is 48.0 Å². The molecule has 0 bridgehead atoms. The molecule has 1 aromatic heterocycles. The van der Waals surface area contributed by atoms with E-state index in [4.69, 9.17) is 0 Å². The summed E-state index contributed by atoms with van der Waals surface area (Å²) in [6.07, 6.45) is 0.216. The molecule has 0 aliphatic heterocycles. The van der Waals surface area contributed by atoms with Gasteiger partial charge in [0.1, 0.15) is 0 Å². The van der Waals surface area contributed by atoms with Crippen LogP contribution in [0.1, 0.15) is 24.3 Å². The third kappa shape index (κ3) is 4.32. The monoisotopic (exact) mass is 291 g/mol. The van der Waals surface area contributed by atoms with Gasteiger partial charge in [-0.2, -0.15) is 0 Å². The first-order valence-corrected chi connectivity index (χ1v) is 7.29. The summed E-state index contributed by atoms with van der Waals surface area (Å²) in [4.78, 5) is 15.8. The van der Waals surface area contributed by atoms with E-state index in [0.717, 1.165) is 17.7 Å². The minimum Gasteiger partial charge on any atom is -0.389 e. The Labute approximate surface area is 121 Å². The molecular formula is C14H17N3O2S. The molecule has 1 aromatic carbocycles. The number of rotatable bonds is 5. The first-order valence-electron chi connectivity index (χ1n) is 6.35. The molecule has 3 N–H and O–H groups in total. The van der Waals surface area contributed by atoms with E-state index >= 15 is 0 Å². The second kappa shape index (κ2) is 7.02. The number of urea groups is 1. The minimum atomic E-state index is -0.504. The van der Waals surface area contributed by atoms with E-state index in [9.17, 15) is 9.90 Å². The lowest BCUT2D eigenvalue weighted by Gasteiger charge is -2.09. The Balaban J connectivity index is 1.76. The summed E-state index contributed by atoms with van der Waals surface area (Å²) >= 11 is 1.54. The van der Waals surface area contributed by atoms with Crippen molar-refractivity contribution in [2.24, 2.45) is 0 Å². The van der Waals surface area contributed by atoms with Crippen LogP contribution in [0.5, 0.6) is 0 Å². The third-order valence-corrected chi connectivity index (χ3v) is 3.44. The molecule has 2 amide bonds. The number of aliphatic hydroxyl groups excluding tert-OH is 1. The SMILES string of the molecule is CC(O)c1ccc(NC(=O)NCCc2cscn2)cc1. The zero-order chi connectivity index (χ0) is 14.4. The first-order chi connectivity index (χ1) is 9.65. The van der Waals surface area contributed by atoms with Crippen LogP contribution in [0.15, 0.2) is 35.2 Å². The molecule has 1 heterocycles. The molecule has 106 valence electrons. The van der Waals surface area contributed by atoms with Crippen molar-refractivity contribution in [2.75, 3.05) is 11.9 Å². The molecule has 0 spiro atoms. The molecule has 2 rings (SSSR count). The zero-order valence-electron chi connectivity index (χ0n) is 11.2. The Bertz CT molecular complexity index is 538. The highest BCUT2D eigenvalue weighted by atomic mass is 32.1. The fraction of sp³-hybridized carbons (Fsp3) is 0.286. The molecule has 2 aromatic rings. The number of anilines is 1. The van der Waals surface area contributed by atoms with Gasteiger partial charge < -0.3 is 15.7 Å². The quantitative estimate of drug-likeness (QED) is 0.792. The van der Waals surface area contributed by atoms with Gasteiger partial charge >= 0.3 is 6.03 Å². The van der Waals surface area contributed by atoms with E-state index in [2.05, 4.69) is 15.6 Å². The van der Waals surface area contributed by atoms with E-state index in [-0.39, 0.29) is 6.03 Å². The summed E-state index contributed by atoms with van der Waals surface area (Å²) < 4.78 is 0. The number of hydrogen-bond acceptors (Lipinski definition) is 4. The minimum absolute atomic E-state index is 0.245. The maximum absolute atomic E-state index is 11.7. The van der Waals surface area contributed by atoms with E-state index in [0.29, 0.717) is 12.2 Å². The largest absolute Gasteiger partial charge is 0.389 e. The van der Waals surface area contributed by atoms with Gasteiger partial charge in [-0.05, 0) is 24.6 Å². The number of amides is 2. The molecule has 0 radical (unpaired) electrons. The van der Waals surface area contributed by atoms with Crippen molar-refractivity contribution in [2.45, 2.75) is 19.4 Å². The molecule has 6 heteroatoms. The number of nitrogens with zero attached hydrogens (tertiary/aromatic N) is 1. The number of carbonyl (C=O) groups is 1. The van der Waals surface area contributed by atoms with Gasteiger partial charge in [0.15, 0.2) is 0 Å². The van der Waals surface area contributed by atoms with Crippen LogP contribution in [0.2, 0.25) is 0 Å². The van der Waals surface area contributed by atoms with Crippen molar-refractivity contribution in [3.63, 3.8) is 0 Å². The molecule has 1 atom stereocenters. The van der Waals surface area contributed by atoms with Crippen LogP contribution in [0.4, 0.5) is 10.5 Å². The Morgan fingerprint density at radius 3 is 2.75 bits per heavy atom. The highest BCUT2D eigenvalue weighted by molar-refractivity contribution is 7.07. The second-order valence-corrected chi connectivity index (χ2v) is 5.13. The van der Waals surface area contributed by atoms with Gasteiger partial charge in [-0.25, -0.2) is 9.78 Å². The summed E-state index contributed by atoms with van der Waals surface area (Å²) in [6.45, 7) is 2.24. The van der Waals surface area contributed by atoms with Crippen molar-refractivity contribution >= 4 is 23.1 Å². The molecule has 1 unspecified atom stereocenters. The van der Waals surface area contributed by atoms with Crippen molar-refractivity contribution in [3.05, 3.63) is 46.4 Å². The number of carbonyl (C=O) groups excluding carboxylic acids is 1. The number of aromatic nitrogens is 1. The Hall–Kier alpha value is -1.92. The number of benzene rings is 1. The second-order valence-electron chi connectivity index (χ2n) is 4.41. The van der Waals surface area contributed by atoms with E-state index in [1.807, 2.05) is 5.38 Å². The van der Waals surface area contributed by atoms with Gasteiger partial charge in [0, 0.05) is 24.0 Å².